The smallest absolute Gasteiger partial charge is 0.258 e. The zero-order valence-corrected chi connectivity index (χ0v) is 11.1. The Hall–Kier alpha value is -2.34. The highest BCUT2D eigenvalue weighted by Gasteiger charge is 2.31. The van der Waals surface area contributed by atoms with Gasteiger partial charge in [0.05, 0.1) is 5.56 Å². The number of amides is 1. The highest BCUT2D eigenvalue weighted by molar-refractivity contribution is 6.31. The van der Waals surface area contributed by atoms with Crippen LogP contribution < -0.4 is 16.6 Å². The van der Waals surface area contributed by atoms with Crippen LogP contribution in [-0.4, -0.2) is 15.9 Å². The van der Waals surface area contributed by atoms with E-state index in [0.29, 0.717) is 10.6 Å². The maximum Gasteiger partial charge on any atom is 0.258 e. The van der Waals surface area contributed by atoms with Crippen LogP contribution >= 0.6 is 11.6 Å². The van der Waals surface area contributed by atoms with Crippen LogP contribution in [0.1, 0.15) is 23.5 Å². The maximum atomic E-state index is 12.1. The molecule has 0 spiro atoms. The zero-order valence-electron chi connectivity index (χ0n) is 10.3. The van der Waals surface area contributed by atoms with Crippen molar-refractivity contribution < 1.29 is 4.79 Å². The van der Waals surface area contributed by atoms with E-state index >= 15 is 0 Å². The second-order valence-electron chi connectivity index (χ2n) is 4.54. The van der Waals surface area contributed by atoms with Gasteiger partial charge in [-0.1, -0.05) is 29.8 Å². The average Bonchev–Trinajstić information content (AvgIpc) is 2.37. The molecule has 3 rings (SSSR count). The third-order valence-electron chi connectivity index (χ3n) is 3.25. The van der Waals surface area contributed by atoms with Gasteiger partial charge in [-0.25, -0.2) is 0 Å². The molecule has 0 fully saturated rings. The molecule has 2 aromatic rings. The number of halogens is 1. The van der Waals surface area contributed by atoms with Gasteiger partial charge in [0.2, 0.25) is 11.9 Å². The second kappa shape index (κ2) is 4.64. The molecule has 0 saturated heterocycles. The second-order valence-corrected chi connectivity index (χ2v) is 4.95. The number of nitrogen functional groups attached to an aromatic ring is 1. The fourth-order valence-electron chi connectivity index (χ4n) is 2.41. The van der Waals surface area contributed by atoms with Crippen LogP contribution in [0, 0.1) is 0 Å². The summed E-state index contributed by atoms with van der Waals surface area (Å²) in [4.78, 5) is 30.3. The number of carbonyl (C=O) groups is 1. The minimum Gasteiger partial charge on any atom is -0.369 e. The third-order valence-corrected chi connectivity index (χ3v) is 3.59. The molecule has 1 aromatic carbocycles. The number of nitrogens with one attached hydrogen (secondary N) is 2. The Labute approximate surface area is 119 Å². The first-order valence-corrected chi connectivity index (χ1v) is 6.38. The van der Waals surface area contributed by atoms with Gasteiger partial charge in [-0.05, 0) is 11.6 Å². The lowest BCUT2D eigenvalue weighted by Gasteiger charge is -2.24. The van der Waals surface area contributed by atoms with Crippen molar-refractivity contribution in [3.63, 3.8) is 0 Å². The average molecular weight is 291 g/mol. The SMILES string of the molecule is Nc1nc2c(c(=O)[nH]1)[C@@H](c1ccccc1Cl)CC(=O)N2. The lowest BCUT2D eigenvalue weighted by Crippen LogP contribution is -2.31. The molecule has 4 N–H and O–H groups in total. The van der Waals surface area contributed by atoms with Crippen LogP contribution in [0.3, 0.4) is 0 Å². The summed E-state index contributed by atoms with van der Waals surface area (Å²) in [5, 5.41) is 3.08. The van der Waals surface area contributed by atoms with Gasteiger partial charge in [-0.3, -0.25) is 14.6 Å². The first-order valence-electron chi connectivity index (χ1n) is 6.00. The van der Waals surface area contributed by atoms with Crippen molar-refractivity contribution >= 4 is 29.3 Å². The normalized spacial score (nSPS) is 17.4. The van der Waals surface area contributed by atoms with Gasteiger partial charge in [0.25, 0.3) is 5.56 Å². The number of aromatic nitrogens is 2. The molecular weight excluding hydrogens is 280 g/mol. The number of nitrogens with two attached hydrogens (primary N) is 1. The van der Waals surface area contributed by atoms with Crippen LogP contribution in [0.2, 0.25) is 5.02 Å². The lowest BCUT2D eigenvalue weighted by molar-refractivity contribution is -0.116. The molecule has 0 unspecified atom stereocenters. The zero-order chi connectivity index (χ0) is 14.3. The van der Waals surface area contributed by atoms with Gasteiger partial charge < -0.3 is 11.1 Å². The largest absolute Gasteiger partial charge is 0.369 e. The number of anilines is 2. The Morgan fingerprint density at radius 2 is 2.05 bits per heavy atom. The minimum absolute atomic E-state index is 0.0335. The summed E-state index contributed by atoms with van der Waals surface area (Å²) >= 11 is 6.17. The first kappa shape index (κ1) is 12.7. The van der Waals surface area contributed by atoms with Crippen molar-refractivity contribution in [2.45, 2.75) is 12.3 Å². The molecule has 0 aliphatic carbocycles. The molecule has 6 nitrogen and oxygen atoms in total. The monoisotopic (exact) mass is 290 g/mol. The maximum absolute atomic E-state index is 12.1. The molecule has 1 aliphatic rings. The van der Waals surface area contributed by atoms with E-state index in [0.717, 1.165) is 5.56 Å². The molecule has 1 atom stereocenters. The van der Waals surface area contributed by atoms with Crippen LogP contribution in [0.15, 0.2) is 29.1 Å². The Morgan fingerprint density at radius 3 is 2.80 bits per heavy atom. The predicted molar refractivity (Wildman–Crippen MR) is 75.8 cm³/mol. The van der Waals surface area contributed by atoms with E-state index in [1.54, 1.807) is 18.2 Å². The Kier molecular flexibility index (Phi) is 2.94. The minimum atomic E-state index is -0.427. The standard InChI is InChI=1S/C13H11ClN4O2/c14-8-4-2-1-3-6(8)7-5-9(19)16-11-10(7)12(20)18-13(15)17-11/h1-4,7H,5H2,(H4,15,16,17,18,19,20)/t7-/m1/s1. The summed E-state index contributed by atoms with van der Waals surface area (Å²) in [5.41, 5.74) is 6.24. The topological polar surface area (TPSA) is 101 Å². The van der Waals surface area contributed by atoms with Crippen molar-refractivity contribution in [1.82, 2.24) is 9.97 Å². The number of hydrogen-bond donors (Lipinski definition) is 3. The number of hydrogen-bond acceptors (Lipinski definition) is 4. The summed E-state index contributed by atoms with van der Waals surface area (Å²) in [6.45, 7) is 0. The number of nitrogens with zero attached hydrogens (tertiary/aromatic N) is 1. The van der Waals surface area contributed by atoms with Crippen LogP contribution in [-0.2, 0) is 4.79 Å². The molecule has 0 saturated carbocycles. The Bertz CT molecular complexity index is 756. The fraction of sp³-hybridized carbons (Fsp3) is 0.154. The van der Waals surface area contributed by atoms with Gasteiger partial charge in [0.1, 0.15) is 5.82 Å². The van der Waals surface area contributed by atoms with E-state index in [9.17, 15) is 9.59 Å². The van der Waals surface area contributed by atoms with Crippen molar-refractivity contribution in [3.05, 3.63) is 50.8 Å². The molecule has 7 heteroatoms. The van der Waals surface area contributed by atoms with Crippen molar-refractivity contribution in [3.8, 4) is 0 Å². The van der Waals surface area contributed by atoms with Gasteiger partial charge in [-0.2, -0.15) is 4.98 Å². The molecule has 1 aliphatic heterocycles. The number of H-pyrrole nitrogens is 1. The van der Waals surface area contributed by atoms with Gasteiger partial charge in [0, 0.05) is 17.4 Å². The fourth-order valence-corrected chi connectivity index (χ4v) is 2.68. The third kappa shape index (κ3) is 2.04. The quantitative estimate of drug-likeness (QED) is 0.740. The van der Waals surface area contributed by atoms with E-state index in [1.807, 2.05) is 6.07 Å². The van der Waals surface area contributed by atoms with E-state index in [-0.39, 0.29) is 29.7 Å². The Morgan fingerprint density at radius 1 is 1.30 bits per heavy atom. The number of carbonyl (C=O) groups excluding carboxylic acids is 1. The summed E-state index contributed by atoms with van der Waals surface area (Å²) in [7, 11) is 0. The van der Waals surface area contributed by atoms with Gasteiger partial charge in [-0.15, -0.1) is 0 Å². The highest BCUT2D eigenvalue weighted by atomic mass is 35.5. The van der Waals surface area contributed by atoms with E-state index in [4.69, 9.17) is 17.3 Å². The van der Waals surface area contributed by atoms with Crippen LogP contribution in [0.5, 0.6) is 0 Å². The molecule has 0 radical (unpaired) electrons. The van der Waals surface area contributed by atoms with Crippen molar-refractivity contribution in [1.29, 1.82) is 0 Å². The number of rotatable bonds is 1. The summed E-state index contributed by atoms with van der Waals surface area (Å²) in [6, 6.07) is 7.13. The molecule has 1 amide bonds. The van der Waals surface area contributed by atoms with Gasteiger partial charge >= 0.3 is 0 Å². The summed E-state index contributed by atoms with van der Waals surface area (Å²) in [5.74, 6) is -0.481. The molecule has 102 valence electrons. The summed E-state index contributed by atoms with van der Waals surface area (Å²) in [6.07, 6.45) is 0.144. The summed E-state index contributed by atoms with van der Waals surface area (Å²) < 4.78 is 0. The lowest BCUT2D eigenvalue weighted by atomic mass is 9.87. The molecule has 20 heavy (non-hydrogen) atoms. The van der Waals surface area contributed by atoms with Crippen molar-refractivity contribution in [2.75, 3.05) is 11.1 Å². The predicted octanol–water partition coefficient (Wildman–Crippen LogP) is 1.48. The first-order chi connectivity index (χ1) is 9.56. The van der Waals surface area contributed by atoms with E-state index in [2.05, 4.69) is 15.3 Å². The van der Waals surface area contributed by atoms with E-state index in [1.165, 1.54) is 0 Å². The number of benzene rings is 1. The highest BCUT2D eigenvalue weighted by Crippen LogP contribution is 2.36. The van der Waals surface area contributed by atoms with Crippen molar-refractivity contribution in [2.24, 2.45) is 0 Å². The molecule has 1 aromatic heterocycles. The molecule has 2 heterocycles. The van der Waals surface area contributed by atoms with Gasteiger partial charge in [0.15, 0.2) is 0 Å². The van der Waals surface area contributed by atoms with Crippen LogP contribution in [0.4, 0.5) is 11.8 Å². The number of fused-ring (bicyclic) bond motifs is 1. The van der Waals surface area contributed by atoms with E-state index < -0.39 is 5.92 Å². The molecule has 0 bridgehead atoms. The molecular formula is C13H11ClN4O2. The van der Waals surface area contributed by atoms with Crippen LogP contribution in [0.25, 0.3) is 0 Å². The number of aromatic amines is 1. The Balaban J connectivity index is 2.23.